The fourth-order valence-electron chi connectivity index (χ4n) is 2.69. The highest BCUT2D eigenvalue weighted by molar-refractivity contribution is 5.71. The topological polar surface area (TPSA) is 71.9 Å². The van der Waals surface area contributed by atoms with Crippen molar-refractivity contribution in [3.8, 4) is 11.5 Å². The van der Waals surface area contributed by atoms with Gasteiger partial charge in [-0.15, -0.1) is 0 Å². The van der Waals surface area contributed by atoms with Crippen molar-refractivity contribution in [1.29, 1.82) is 0 Å². The molecule has 0 spiro atoms. The number of carboxylic acids is 1. The van der Waals surface area contributed by atoms with Crippen LogP contribution in [0.15, 0.2) is 12.3 Å². The lowest BCUT2D eigenvalue weighted by Gasteiger charge is -2.17. The van der Waals surface area contributed by atoms with E-state index in [1.54, 1.807) is 26.5 Å². The van der Waals surface area contributed by atoms with E-state index in [-0.39, 0.29) is 11.8 Å². The maximum atomic E-state index is 11.1. The zero-order chi connectivity index (χ0) is 14.7. The van der Waals surface area contributed by atoms with Crippen molar-refractivity contribution in [3.05, 3.63) is 18.0 Å². The van der Waals surface area contributed by atoms with Crippen LogP contribution in [0.1, 0.15) is 12.6 Å². The molecule has 110 valence electrons. The third-order valence-electron chi connectivity index (χ3n) is 3.74. The van der Waals surface area contributed by atoms with Gasteiger partial charge in [0.05, 0.1) is 20.1 Å². The standard InChI is InChI=1S/C14H20N2O4/c1-9-6-16(7-10(9)14(17)18)8-11-13(20-3)12(19-2)4-5-15-11/h4-5,9-10H,6-8H2,1-3H3,(H,17,18). The number of pyridine rings is 1. The first-order valence-electron chi connectivity index (χ1n) is 6.57. The minimum atomic E-state index is -0.731. The smallest absolute Gasteiger partial charge is 0.308 e. The molecule has 2 heterocycles. The predicted molar refractivity (Wildman–Crippen MR) is 72.9 cm³/mol. The number of likely N-dealkylation sites (tertiary alicyclic amines) is 1. The lowest BCUT2D eigenvalue weighted by molar-refractivity contribution is -0.142. The van der Waals surface area contributed by atoms with E-state index in [9.17, 15) is 4.79 Å². The van der Waals surface area contributed by atoms with Gasteiger partial charge in [-0.05, 0) is 5.92 Å². The van der Waals surface area contributed by atoms with Crippen molar-refractivity contribution in [1.82, 2.24) is 9.88 Å². The third kappa shape index (κ3) is 2.85. The van der Waals surface area contributed by atoms with Crippen molar-refractivity contribution in [2.75, 3.05) is 27.3 Å². The van der Waals surface area contributed by atoms with Gasteiger partial charge >= 0.3 is 5.97 Å². The number of methoxy groups -OCH3 is 2. The Bertz CT molecular complexity index is 492. The number of hydrogen-bond acceptors (Lipinski definition) is 5. The number of rotatable bonds is 5. The van der Waals surface area contributed by atoms with Crippen LogP contribution in [0.4, 0.5) is 0 Å². The van der Waals surface area contributed by atoms with E-state index in [0.717, 1.165) is 12.2 Å². The first-order chi connectivity index (χ1) is 9.56. The Hall–Kier alpha value is -1.82. The zero-order valence-electron chi connectivity index (χ0n) is 12.0. The maximum absolute atomic E-state index is 11.1. The third-order valence-corrected chi connectivity index (χ3v) is 3.74. The SMILES string of the molecule is COc1ccnc(CN2CC(C)C(C(=O)O)C2)c1OC. The van der Waals surface area contributed by atoms with Gasteiger partial charge < -0.3 is 14.6 Å². The monoisotopic (exact) mass is 280 g/mol. The highest BCUT2D eigenvalue weighted by atomic mass is 16.5. The quantitative estimate of drug-likeness (QED) is 0.875. The van der Waals surface area contributed by atoms with Gasteiger partial charge in [-0.1, -0.05) is 6.92 Å². The van der Waals surface area contributed by atoms with Crippen LogP contribution in [0, 0.1) is 11.8 Å². The van der Waals surface area contributed by atoms with Crippen molar-refractivity contribution in [2.24, 2.45) is 11.8 Å². The Morgan fingerprint density at radius 2 is 2.20 bits per heavy atom. The van der Waals surface area contributed by atoms with Crippen LogP contribution in [-0.4, -0.2) is 48.3 Å². The molecule has 6 nitrogen and oxygen atoms in total. The number of carbonyl (C=O) groups is 1. The second-order valence-electron chi connectivity index (χ2n) is 5.11. The number of aliphatic carboxylic acids is 1. The van der Waals surface area contributed by atoms with Gasteiger partial charge in [-0.2, -0.15) is 0 Å². The van der Waals surface area contributed by atoms with Crippen LogP contribution in [0.5, 0.6) is 11.5 Å². The second-order valence-corrected chi connectivity index (χ2v) is 5.11. The Morgan fingerprint density at radius 3 is 2.75 bits per heavy atom. The lowest BCUT2D eigenvalue weighted by atomic mass is 9.99. The van der Waals surface area contributed by atoms with Crippen molar-refractivity contribution >= 4 is 5.97 Å². The Balaban J connectivity index is 2.13. The molecule has 1 fully saturated rings. The highest BCUT2D eigenvalue weighted by Gasteiger charge is 2.35. The van der Waals surface area contributed by atoms with Gasteiger partial charge in [-0.25, -0.2) is 0 Å². The molecular weight excluding hydrogens is 260 g/mol. The molecule has 1 saturated heterocycles. The van der Waals surface area contributed by atoms with E-state index >= 15 is 0 Å². The van der Waals surface area contributed by atoms with E-state index in [1.165, 1.54) is 0 Å². The van der Waals surface area contributed by atoms with Gasteiger partial charge in [0.15, 0.2) is 11.5 Å². The summed E-state index contributed by atoms with van der Waals surface area (Å²) in [6, 6.07) is 1.75. The summed E-state index contributed by atoms with van der Waals surface area (Å²) in [5.41, 5.74) is 0.769. The summed E-state index contributed by atoms with van der Waals surface area (Å²) in [5.74, 6) is 0.349. The molecule has 0 radical (unpaired) electrons. The van der Waals surface area contributed by atoms with Gasteiger partial charge in [0.2, 0.25) is 0 Å². The molecule has 0 aromatic carbocycles. The molecule has 0 amide bonds. The molecule has 0 saturated carbocycles. The van der Waals surface area contributed by atoms with Crippen LogP contribution in [0.25, 0.3) is 0 Å². The largest absolute Gasteiger partial charge is 0.493 e. The summed E-state index contributed by atoms with van der Waals surface area (Å²) in [5, 5.41) is 9.16. The van der Waals surface area contributed by atoms with E-state index in [2.05, 4.69) is 9.88 Å². The molecule has 1 aromatic heterocycles. The molecule has 1 N–H and O–H groups in total. The Morgan fingerprint density at radius 1 is 1.45 bits per heavy atom. The lowest BCUT2D eigenvalue weighted by Crippen LogP contribution is -2.23. The van der Waals surface area contributed by atoms with Gasteiger partial charge in [0, 0.05) is 31.9 Å². The first kappa shape index (κ1) is 14.6. The summed E-state index contributed by atoms with van der Waals surface area (Å²) < 4.78 is 10.6. The maximum Gasteiger partial charge on any atom is 0.308 e. The molecular formula is C14H20N2O4. The van der Waals surface area contributed by atoms with Crippen molar-refractivity contribution < 1.29 is 19.4 Å². The fraction of sp³-hybridized carbons (Fsp3) is 0.571. The summed E-state index contributed by atoms with van der Waals surface area (Å²) >= 11 is 0. The van der Waals surface area contributed by atoms with Crippen molar-refractivity contribution in [2.45, 2.75) is 13.5 Å². The molecule has 2 rings (SSSR count). The van der Waals surface area contributed by atoms with Crippen LogP contribution in [0.2, 0.25) is 0 Å². The van der Waals surface area contributed by atoms with Crippen LogP contribution in [-0.2, 0) is 11.3 Å². The van der Waals surface area contributed by atoms with Crippen LogP contribution < -0.4 is 9.47 Å². The molecule has 2 atom stereocenters. The molecule has 0 bridgehead atoms. The predicted octanol–water partition coefficient (Wildman–Crippen LogP) is 1.25. The summed E-state index contributed by atoms with van der Waals surface area (Å²) in [6.45, 7) is 3.82. The molecule has 2 unspecified atom stereocenters. The van der Waals surface area contributed by atoms with E-state index < -0.39 is 5.97 Å². The molecule has 1 aliphatic rings. The molecule has 0 aliphatic carbocycles. The molecule has 1 aromatic rings. The van der Waals surface area contributed by atoms with Gasteiger partial charge in [0.25, 0.3) is 0 Å². The van der Waals surface area contributed by atoms with Crippen LogP contribution in [0.3, 0.4) is 0 Å². The normalized spacial score (nSPS) is 22.8. The average molecular weight is 280 g/mol. The molecule has 1 aliphatic heterocycles. The number of carboxylic acid groups (broad SMARTS) is 1. The zero-order valence-corrected chi connectivity index (χ0v) is 12.0. The highest BCUT2D eigenvalue weighted by Crippen LogP contribution is 2.31. The molecule has 20 heavy (non-hydrogen) atoms. The summed E-state index contributed by atoms with van der Waals surface area (Å²) in [6.07, 6.45) is 1.67. The van der Waals surface area contributed by atoms with Gasteiger partial charge in [-0.3, -0.25) is 14.7 Å². The van der Waals surface area contributed by atoms with Crippen molar-refractivity contribution in [3.63, 3.8) is 0 Å². The number of aromatic nitrogens is 1. The van der Waals surface area contributed by atoms with E-state index in [4.69, 9.17) is 14.6 Å². The van der Waals surface area contributed by atoms with Gasteiger partial charge in [0.1, 0.15) is 5.69 Å². The van der Waals surface area contributed by atoms with Crippen LogP contribution >= 0.6 is 0 Å². The Labute approximate surface area is 118 Å². The van der Waals surface area contributed by atoms with E-state index in [0.29, 0.717) is 24.6 Å². The first-order valence-corrected chi connectivity index (χ1v) is 6.57. The minimum Gasteiger partial charge on any atom is -0.493 e. The van der Waals surface area contributed by atoms with E-state index in [1.807, 2.05) is 6.92 Å². The second kappa shape index (κ2) is 6.09. The number of ether oxygens (including phenoxy) is 2. The Kier molecular flexibility index (Phi) is 4.44. The average Bonchev–Trinajstić information content (AvgIpc) is 2.79. The number of hydrogen-bond donors (Lipinski definition) is 1. The summed E-state index contributed by atoms with van der Waals surface area (Å²) in [7, 11) is 3.16. The fourth-order valence-corrected chi connectivity index (χ4v) is 2.69. The minimum absolute atomic E-state index is 0.143. The molecule has 6 heteroatoms. The number of nitrogens with zero attached hydrogens (tertiary/aromatic N) is 2. The summed E-state index contributed by atoms with van der Waals surface area (Å²) in [4.78, 5) is 17.6.